The molecule has 25 heavy (non-hydrogen) atoms. The third kappa shape index (κ3) is 3.46. The molecule has 1 saturated heterocycles. The van der Waals surface area contributed by atoms with Gasteiger partial charge in [-0.15, -0.1) is 0 Å². The van der Waals surface area contributed by atoms with Crippen molar-refractivity contribution < 1.29 is 28.7 Å². The number of carbonyl (C=O) groups excluding carboxylic acids is 4. The van der Waals surface area contributed by atoms with E-state index in [2.05, 4.69) is 10.1 Å². The number of alkyl carbamates (subject to hydrolysis) is 1. The van der Waals surface area contributed by atoms with Gasteiger partial charge in [0.05, 0.1) is 24.3 Å². The summed E-state index contributed by atoms with van der Waals surface area (Å²) in [5.74, 6) is -0.619. The van der Waals surface area contributed by atoms with Gasteiger partial charge >= 0.3 is 12.1 Å². The van der Waals surface area contributed by atoms with Gasteiger partial charge in [0.15, 0.2) is 0 Å². The fourth-order valence-corrected chi connectivity index (χ4v) is 3.93. The van der Waals surface area contributed by atoms with Gasteiger partial charge in [0.2, 0.25) is 0 Å². The molecule has 1 N–H and O–H groups in total. The molecule has 8 nitrogen and oxygen atoms in total. The van der Waals surface area contributed by atoms with E-state index in [1.165, 1.54) is 18.9 Å². The van der Waals surface area contributed by atoms with Crippen molar-refractivity contribution in [1.82, 2.24) is 10.2 Å². The van der Waals surface area contributed by atoms with E-state index in [4.69, 9.17) is 4.74 Å². The highest BCUT2D eigenvalue weighted by Gasteiger charge is 2.38. The second-order valence-electron chi connectivity index (χ2n) is 5.55. The number of nitrogens with one attached hydrogen (secondary N) is 1. The Morgan fingerprint density at radius 3 is 2.44 bits per heavy atom. The normalized spacial score (nSPS) is 21.9. The number of thioether (sulfide) groups is 1. The van der Waals surface area contributed by atoms with Crippen LogP contribution in [0.25, 0.3) is 0 Å². The molecule has 9 heteroatoms. The summed E-state index contributed by atoms with van der Waals surface area (Å²) in [4.78, 5) is 48.9. The van der Waals surface area contributed by atoms with Gasteiger partial charge in [-0.3, -0.25) is 19.3 Å². The first-order chi connectivity index (χ1) is 12.0. The highest BCUT2D eigenvalue weighted by atomic mass is 32.2. The van der Waals surface area contributed by atoms with Crippen LogP contribution in [0.3, 0.4) is 0 Å². The number of imide groups is 1. The molecule has 1 fully saturated rings. The lowest BCUT2D eigenvalue weighted by atomic mass is 10.1. The molecule has 0 spiro atoms. The first-order valence-electron chi connectivity index (χ1n) is 7.58. The maximum Gasteiger partial charge on any atom is 0.407 e. The lowest BCUT2D eigenvalue weighted by Crippen LogP contribution is -2.46. The van der Waals surface area contributed by atoms with Crippen LogP contribution in [0.2, 0.25) is 0 Å². The van der Waals surface area contributed by atoms with E-state index in [0.29, 0.717) is 11.5 Å². The molecule has 2 aliphatic heterocycles. The minimum Gasteiger partial charge on any atom is -0.458 e. The van der Waals surface area contributed by atoms with Crippen molar-refractivity contribution in [2.24, 2.45) is 0 Å². The van der Waals surface area contributed by atoms with E-state index in [-0.39, 0.29) is 17.2 Å². The van der Waals surface area contributed by atoms with Crippen molar-refractivity contribution >= 4 is 35.6 Å². The van der Waals surface area contributed by atoms with Crippen LogP contribution in [0, 0.1) is 0 Å². The van der Waals surface area contributed by atoms with Crippen molar-refractivity contribution in [3.05, 3.63) is 35.4 Å². The van der Waals surface area contributed by atoms with Crippen molar-refractivity contribution in [1.29, 1.82) is 0 Å². The largest absolute Gasteiger partial charge is 0.458 e. The van der Waals surface area contributed by atoms with Gasteiger partial charge in [-0.1, -0.05) is 12.1 Å². The zero-order chi connectivity index (χ0) is 18.0. The minimum absolute atomic E-state index is 0.280. The Bertz CT molecular complexity index is 702. The van der Waals surface area contributed by atoms with Crippen molar-refractivity contribution in [2.75, 3.05) is 25.2 Å². The summed E-state index contributed by atoms with van der Waals surface area (Å²) in [6.45, 7) is -0.460. The molecule has 2 heterocycles. The van der Waals surface area contributed by atoms with Gasteiger partial charge in [0.1, 0.15) is 12.6 Å². The second-order valence-corrected chi connectivity index (χ2v) is 6.63. The summed E-state index contributed by atoms with van der Waals surface area (Å²) in [5, 5.41) is 2.60. The molecular formula is C16H16N2O6S. The first kappa shape index (κ1) is 17.3. The fraction of sp³-hybridized carbons (Fsp3) is 0.375. The summed E-state index contributed by atoms with van der Waals surface area (Å²) in [7, 11) is 1.25. The summed E-state index contributed by atoms with van der Waals surface area (Å²) in [6, 6.07) is 6.04. The number of methoxy groups -OCH3 is 1. The minimum atomic E-state index is -0.696. The Kier molecular flexibility index (Phi) is 4.93. The Balaban J connectivity index is 1.61. The van der Waals surface area contributed by atoms with Crippen LogP contribution >= 0.6 is 11.8 Å². The molecule has 2 aliphatic rings. The number of amides is 3. The molecule has 132 valence electrons. The molecule has 3 rings (SSSR count). The Hall–Kier alpha value is -2.55. The second kappa shape index (κ2) is 7.14. The summed E-state index contributed by atoms with van der Waals surface area (Å²) in [6.07, 6.45) is -1.14. The summed E-state index contributed by atoms with van der Waals surface area (Å²) >= 11 is 1.52. The van der Waals surface area contributed by atoms with Crippen LogP contribution in [0.5, 0.6) is 0 Å². The van der Waals surface area contributed by atoms with Crippen LogP contribution in [0.4, 0.5) is 4.79 Å². The van der Waals surface area contributed by atoms with Crippen LogP contribution in [-0.2, 0) is 14.3 Å². The van der Waals surface area contributed by atoms with E-state index < -0.39 is 36.5 Å². The molecule has 3 amide bonds. The summed E-state index contributed by atoms with van der Waals surface area (Å²) < 4.78 is 9.89. The summed E-state index contributed by atoms with van der Waals surface area (Å²) in [5.41, 5.74) is 0.559. The lowest BCUT2D eigenvalue weighted by Gasteiger charge is -2.21. The van der Waals surface area contributed by atoms with Gasteiger partial charge in [-0.05, 0) is 12.1 Å². The molecule has 2 atom stereocenters. The van der Waals surface area contributed by atoms with Crippen LogP contribution in [0.1, 0.15) is 20.7 Å². The number of carbonyl (C=O) groups is 4. The molecule has 0 radical (unpaired) electrons. The number of esters is 1. The molecule has 1 aromatic rings. The van der Waals surface area contributed by atoms with Gasteiger partial charge < -0.3 is 14.8 Å². The van der Waals surface area contributed by atoms with E-state index >= 15 is 0 Å². The van der Waals surface area contributed by atoms with Gasteiger partial charge in [0.25, 0.3) is 11.8 Å². The smallest absolute Gasteiger partial charge is 0.407 e. The topological polar surface area (TPSA) is 102 Å². The fourth-order valence-electron chi connectivity index (χ4n) is 2.71. The van der Waals surface area contributed by atoms with Gasteiger partial charge in [-0.25, -0.2) is 4.79 Å². The average Bonchev–Trinajstić information content (AvgIpc) is 3.13. The zero-order valence-corrected chi connectivity index (χ0v) is 14.2. The third-order valence-corrected chi connectivity index (χ3v) is 5.12. The van der Waals surface area contributed by atoms with Crippen LogP contribution in [-0.4, -0.2) is 66.1 Å². The van der Waals surface area contributed by atoms with Gasteiger partial charge in [0, 0.05) is 11.5 Å². The highest BCUT2D eigenvalue weighted by molar-refractivity contribution is 7.99. The number of fused-ring (bicyclic) bond motifs is 1. The van der Waals surface area contributed by atoms with Crippen molar-refractivity contribution in [3.63, 3.8) is 0 Å². The maximum absolute atomic E-state index is 12.2. The molecule has 0 saturated carbocycles. The van der Waals surface area contributed by atoms with E-state index in [9.17, 15) is 19.2 Å². The SMILES string of the molecule is COC(=O)N[C@@H]1CSC[C@H]1OC(=O)CN1C(=O)c2ccccc2C1=O. The third-order valence-electron chi connectivity index (χ3n) is 3.97. The molecule has 1 aromatic carbocycles. The quantitative estimate of drug-likeness (QED) is 0.619. The number of hydrogen-bond donors (Lipinski definition) is 1. The highest BCUT2D eigenvalue weighted by Crippen LogP contribution is 2.24. The maximum atomic E-state index is 12.2. The molecule has 0 bridgehead atoms. The van der Waals surface area contributed by atoms with Crippen molar-refractivity contribution in [3.8, 4) is 0 Å². The predicted octanol–water partition coefficient (Wildman–Crippen LogP) is 0.666. The molecule has 0 aliphatic carbocycles. The van der Waals surface area contributed by atoms with Crippen molar-refractivity contribution in [2.45, 2.75) is 12.1 Å². The number of ether oxygens (including phenoxy) is 2. The average molecular weight is 364 g/mol. The van der Waals surface area contributed by atoms with Gasteiger partial charge in [-0.2, -0.15) is 11.8 Å². The monoisotopic (exact) mass is 364 g/mol. The molecule has 0 aromatic heterocycles. The number of hydrogen-bond acceptors (Lipinski definition) is 7. The Morgan fingerprint density at radius 1 is 1.20 bits per heavy atom. The van der Waals surface area contributed by atoms with E-state index in [0.717, 1.165) is 4.90 Å². The standard InChI is InChI=1S/C16H16N2O6S/c1-23-16(22)17-11-7-25-8-12(11)24-13(19)6-18-14(20)9-4-2-3-5-10(9)15(18)21/h2-5,11-12H,6-8H2,1H3,(H,17,22)/t11-,12-/m1/s1. The lowest BCUT2D eigenvalue weighted by molar-refractivity contribution is -0.149. The van der Waals surface area contributed by atoms with E-state index in [1.807, 2.05) is 0 Å². The Morgan fingerprint density at radius 2 is 1.84 bits per heavy atom. The molecular weight excluding hydrogens is 348 g/mol. The first-order valence-corrected chi connectivity index (χ1v) is 8.73. The number of benzene rings is 1. The van der Waals surface area contributed by atoms with Crippen LogP contribution < -0.4 is 5.32 Å². The predicted molar refractivity (Wildman–Crippen MR) is 88.3 cm³/mol. The molecule has 0 unspecified atom stereocenters. The zero-order valence-electron chi connectivity index (χ0n) is 13.4. The number of rotatable bonds is 4. The van der Waals surface area contributed by atoms with Crippen LogP contribution in [0.15, 0.2) is 24.3 Å². The number of nitrogens with zero attached hydrogens (tertiary/aromatic N) is 1. The Labute approximate surface area is 147 Å². The van der Waals surface area contributed by atoms with E-state index in [1.54, 1.807) is 24.3 Å².